The van der Waals surface area contributed by atoms with Gasteiger partial charge in [-0.3, -0.25) is 0 Å². The van der Waals surface area contributed by atoms with E-state index in [-0.39, 0.29) is 5.41 Å². The van der Waals surface area contributed by atoms with Gasteiger partial charge in [0.05, 0.1) is 21.3 Å². The van der Waals surface area contributed by atoms with Gasteiger partial charge in [-0.2, -0.15) is 0 Å². The highest BCUT2D eigenvalue weighted by Crippen LogP contribution is 2.63. The fourth-order valence-corrected chi connectivity index (χ4v) is 7.17. The molecule has 3 aliphatic carbocycles. The van der Waals surface area contributed by atoms with E-state index in [9.17, 15) is 0 Å². The lowest BCUT2D eigenvalue weighted by molar-refractivity contribution is 0.0872. The van der Waals surface area contributed by atoms with Crippen molar-refractivity contribution in [3.63, 3.8) is 0 Å². The molecule has 1 heterocycles. The van der Waals surface area contributed by atoms with Crippen LogP contribution < -0.4 is 14.2 Å². The van der Waals surface area contributed by atoms with Crippen molar-refractivity contribution in [2.24, 2.45) is 17.3 Å². The number of aromatic nitrogens is 1. The van der Waals surface area contributed by atoms with Crippen LogP contribution >= 0.6 is 0 Å². The molecule has 1 saturated carbocycles. The van der Waals surface area contributed by atoms with Crippen LogP contribution in [0.3, 0.4) is 0 Å². The van der Waals surface area contributed by atoms with Crippen LogP contribution in [0, 0.1) is 17.3 Å². The van der Waals surface area contributed by atoms with Gasteiger partial charge >= 0.3 is 0 Å². The van der Waals surface area contributed by atoms with Gasteiger partial charge in [-0.25, -0.2) is 0 Å². The molecule has 4 atom stereocenters. The molecule has 0 radical (unpaired) electrons. The quantitative estimate of drug-likeness (QED) is 0.404. The Kier molecular flexibility index (Phi) is 5.39. The van der Waals surface area contributed by atoms with Crippen molar-refractivity contribution in [2.75, 3.05) is 21.3 Å². The Morgan fingerprint density at radius 3 is 2.60 bits per heavy atom. The van der Waals surface area contributed by atoms with Crippen LogP contribution in [0.25, 0.3) is 16.8 Å². The summed E-state index contributed by atoms with van der Waals surface area (Å²) in [5.41, 5.74) is 6.27. The van der Waals surface area contributed by atoms with E-state index in [0.29, 0.717) is 29.3 Å². The van der Waals surface area contributed by atoms with Gasteiger partial charge in [0.15, 0.2) is 17.3 Å². The van der Waals surface area contributed by atoms with Gasteiger partial charge in [-0.1, -0.05) is 24.2 Å². The molecule has 0 unspecified atom stereocenters. The lowest BCUT2D eigenvalue weighted by Crippen LogP contribution is -2.40. The van der Waals surface area contributed by atoms with Crippen LogP contribution in [-0.2, 0) is 6.42 Å². The molecule has 0 N–H and O–H groups in total. The molecule has 0 aliphatic heterocycles. The molecule has 2 aromatic carbocycles. The molecule has 3 aliphatic rings. The monoisotopic (exact) mass is 471 g/mol. The SMILES string of the molecule is COc1ccc2c(c1)CC[C@@H]1[C@@H]2CC[C@]2(C)C(c3cc(-c4ccc(OC)c(OC)c4)no3)=CC[C@@H]12. The number of hydrogen-bond acceptors (Lipinski definition) is 5. The van der Waals surface area contributed by atoms with Gasteiger partial charge in [0.2, 0.25) is 0 Å². The smallest absolute Gasteiger partial charge is 0.163 e. The summed E-state index contributed by atoms with van der Waals surface area (Å²) in [7, 11) is 5.05. The van der Waals surface area contributed by atoms with E-state index < -0.39 is 0 Å². The van der Waals surface area contributed by atoms with Gasteiger partial charge in [0.25, 0.3) is 0 Å². The Balaban J connectivity index is 1.27. The molecule has 6 rings (SSSR count). The molecule has 0 amide bonds. The molecule has 5 nitrogen and oxygen atoms in total. The minimum atomic E-state index is 0.125. The van der Waals surface area contributed by atoms with Crippen LogP contribution in [0.15, 0.2) is 53.1 Å². The van der Waals surface area contributed by atoms with Crippen molar-refractivity contribution in [2.45, 2.75) is 44.9 Å². The van der Waals surface area contributed by atoms with Gasteiger partial charge in [0.1, 0.15) is 11.4 Å². The Bertz CT molecular complexity index is 1290. The number of fused-ring (bicyclic) bond motifs is 5. The first kappa shape index (κ1) is 22.3. The molecule has 1 aromatic heterocycles. The van der Waals surface area contributed by atoms with Crippen molar-refractivity contribution in [1.82, 2.24) is 5.16 Å². The lowest BCUT2D eigenvalue weighted by atomic mass is 9.54. The van der Waals surface area contributed by atoms with E-state index in [1.807, 2.05) is 18.2 Å². The zero-order valence-corrected chi connectivity index (χ0v) is 21.0. The normalized spacial score (nSPS) is 26.9. The predicted octanol–water partition coefficient (Wildman–Crippen LogP) is 6.92. The van der Waals surface area contributed by atoms with E-state index in [0.717, 1.165) is 35.6 Å². The molecule has 35 heavy (non-hydrogen) atoms. The highest BCUT2D eigenvalue weighted by atomic mass is 16.5. The second-order valence-corrected chi connectivity index (χ2v) is 10.4. The maximum Gasteiger partial charge on any atom is 0.163 e. The topological polar surface area (TPSA) is 53.7 Å². The molecular weight excluding hydrogens is 438 g/mol. The molecule has 5 heteroatoms. The minimum absolute atomic E-state index is 0.125. The maximum atomic E-state index is 5.96. The molecule has 3 aromatic rings. The second kappa shape index (κ2) is 8.47. The van der Waals surface area contributed by atoms with E-state index in [1.165, 1.54) is 30.4 Å². The third-order valence-corrected chi connectivity index (χ3v) is 8.97. The van der Waals surface area contributed by atoms with Crippen molar-refractivity contribution in [3.05, 3.63) is 65.4 Å². The Morgan fingerprint density at radius 2 is 1.80 bits per heavy atom. The Morgan fingerprint density at radius 1 is 0.943 bits per heavy atom. The lowest BCUT2D eigenvalue weighted by Gasteiger charge is -2.50. The van der Waals surface area contributed by atoms with E-state index in [1.54, 1.807) is 26.9 Å². The molecular formula is C30H33NO4. The number of benzene rings is 2. The van der Waals surface area contributed by atoms with Gasteiger partial charge in [0, 0.05) is 11.6 Å². The standard InChI is InChI=1S/C30H33NO4/c1-30-14-13-22-21-9-7-20(32-2)15-18(21)5-8-23(22)24(30)10-11-25(30)28-17-26(31-35-28)19-6-12-27(33-3)29(16-19)34-4/h6-7,9,11-12,15-17,22-24H,5,8,10,13-14H2,1-4H3/t22-,23-,24+,30+/m1/s1. The maximum absolute atomic E-state index is 5.96. The predicted molar refractivity (Wildman–Crippen MR) is 136 cm³/mol. The molecule has 0 bridgehead atoms. The number of ether oxygens (including phenoxy) is 3. The summed E-state index contributed by atoms with van der Waals surface area (Å²) in [6.07, 6.45) is 8.31. The summed E-state index contributed by atoms with van der Waals surface area (Å²) < 4.78 is 22.3. The van der Waals surface area contributed by atoms with Crippen molar-refractivity contribution in [3.8, 4) is 28.5 Å². The zero-order chi connectivity index (χ0) is 24.2. The number of aryl methyl sites for hydroxylation is 1. The van der Waals surface area contributed by atoms with E-state index in [2.05, 4.69) is 42.4 Å². The fraction of sp³-hybridized carbons (Fsp3) is 0.433. The Labute approximate surface area is 207 Å². The van der Waals surface area contributed by atoms with Gasteiger partial charge in [-0.15, -0.1) is 0 Å². The zero-order valence-electron chi connectivity index (χ0n) is 21.0. The summed E-state index contributed by atoms with van der Waals surface area (Å²) in [6.45, 7) is 2.45. The molecule has 1 fully saturated rings. The largest absolute Gasteiger partial charge is 0.497 e. The first-order valence-corrected chi connectivity index (χ1v) is 12.6. The van der Waals surface area contributed by atoms with E-state index >= 15 is 0 Å². The van der Waals surface area contributed by atoms with Crippen LogP contribution in [0.2, 0.25) is 0 Å². The van der Waals surface area contributed by atoms with Crippen molar-refractivity contribution in [1.29, 1.82) is 0 Å². The summed E-state index contributed by atoms with van der Waals surface area (Å²) in [6, 6.07) is 14.7. The fourth-order valence-electron chi connectivity index (χ4n) is 7.17. The highest BCUT2D eigenvalue weighted by molar-refractivity contribution is 5.73. The molecule has 0 spiro atoms. The first-order valence-electron chi connectivity index (χ1n) is 12.6. The third kappa shape index (κ3) is 3.47. The summed E-state index contributed by atoms with van der Waals surface area (Å²) in [5, 5.41) is 4.43. The van der Waals surface area contributed by atoms with Crippen molar-refractivity contribution >= 4 is 5.57 Å². The Hall–Kier alpha value is -3.21. The molecule has 0 saturated heterocycles. The summed E-state index contributed by atoms with van der Waals surface area (Å²) in [5.74, 6) is 5.26. The van der Waals surface area contributed by atoms with Crippen molar-refractivity contribution < 1.29 is 18.7 Å². The van der Waals surface area contributed by atoms with Crippen LogP contribution in [-0.4, -0.2) is 26.5 Å². The average Bonchev–Trinajstić information content (AvgIpc) is 3.52. The molecule has 182 valence electrons. The highest BCUT2D eigenvalue weighted by Gasteiger charge is 2.52. The van der Waals surface area contributed by atoms with Crippen LogP contribution in [0.5, 0.6) is 17.2 Å². The number of nitrogens with zero attached hydrogens (tertiary/aromatic N) is 1. The summed E-state index contributed by atoms with van der Waals surface area (Å²) in [4.78, 5) is 0. The second-order valence-electron chi connectivity index (χ2n) is 10.4. The number of hydrogen-bond donors (Lipinski definition) is 0. The minimum Gasteiger partial charge on any atom is -0.497 e. The van der Waals surface area contributed by atoms with Crippen LogP contribution in [0.1, 0.15) is 55.4 Å². The van der Waals surface area contributed by atoms with Gasteiger partial charge in [-0.05, 0) is 102 Å². The average molecular weight is 472 g/mol. The number of methoxy groups -OCH3 is 3. The number of allylic oxidation sites excluding steroid dienone is 2. The first-order chi connectivity index (χ1) is 17.1. The third-order valence-electron chi connectivity index (χ3n) is 8.97. The van der Waals surface area contributed by atoms with Gasteiger partial charge < -0.3 is 18.7 Å². The summed E-state index contributed by atoms with van der Waals surface area (Å²) >= 11 is 0. The van der Waals surface area contributed by atoms with Crippen LogP contribution in [0.4, 0.5) is 0 Å². The van der Waals surface area contributed by atoms with E-state index in [4.69, 9.17) is 18.7 Å². The number of rotatable bonds is 5.